The molecule has 0 aromatic heterocycles. The number of rotatable bonds is 8. The van der Waals surface area contributed by atoms with E-state index in [1.54, 1.807) is 36.4 Å². The van der Waals surface area contributed by atoms with Gasteiger partial charge in [-0.2, -0.15) is 0 Å². The van der Waals surface area contributed by atoms with Gasteiger partial charge in [0.05, 0.1) is 34.2 Å². The number of ether oxygens (including phenoxy) is 1. The van der Waals surface area contributed by atoms with Crippen molar-refractivity contribution < 1.29 is 27.5 Å². The predicted molar refractivity (Wildman–Crippen MR) is 145 cm³/mol. The monoisotopic (exact) mass is 573 g/mol. The average Bonchev–Trinajstić information content (AvgIpc) is 2.90. The smallest absolute Gasteiger partial charge is 0.338 e. The van der Waals surface area contributed by atoms with Crippen molar-refractivity contribution in [3.8, 4) is 0 Å². The van der Waals surface area contributed by atoms with Crippen LogP contribution in [0.2, 0.25) is 10.0 Å². The third-order valence-corrected chi connectivity index (χ3v) is 8.07. The molecule has 1 N–H and O–H groups in total. The molecular weight excluding hydrogens is 553 g/mol. The molecule has 0 saturated carbocycles. The fourth-order valence-electron chi connectivity index (χ4n) is 3.76. The van der Waals surface area contributed by atoms with Crippen LogP contribution >= 0.6 is 23.2 Å². The molecule has 9 nitrogen and oxygen atoms in total. The molecule has 3 aromatic carbocycles. The summed E-state index contributed by atoms with van der Waals surface area (Å²) < 4.78 is 33.3. The molecule has 0 unspecified atom stereocenters. The number of sulfonamides is 1. The van der Waals surface area contributed by atoms with Gasteiger partial charge in [-0.15, -0.1) is 6.58 Å². The molecule has 0 aliphatic carbocycles. The number of carbonyl (C=O) groups excluding carboxylic acids is 3. The standard InChI is InChI=1S/C26H21Cl2N3O6S/c1-2-13-31(19-10-8-18(27)9-11-19)38(35,36)23-14-17(7-12-20(23)28)26(34)37-16-25(33)30-15-24(32)29-21-5-3-4-6-22(21)30/h2-12,14H,1,13,15-16H2,(H,29,32). The van der Waals surface area contributed by atoms with Crippen molar-refractivity contribution in [3.63, 3.8) is 0 Å². The van der Waals surface area contributed by atoms with Crippen LogP contribution in [0.3, 0.4) is 0 Å². The maximum absolute atomic E-state index is 13.5. The van der Waals surface area contributed by atoms with Crippen LogP contribution in [0.25, 0.3) is 0 Å². The second kappa shape index (κ2) is 11.3. The first kappa shape index (κ1) is 27.2. The Labute approximate surface area is 229 Å². The molecule has 0 fully saturated rings. The molecule has 196 valence electrons. The van der Waals surface area contributed by atoms with E-state index in [9.17, 15) is 22.8 Å². The van der Waals surface area contributed by atoms with Gasteiger partial charge in [-0.3, -0.25) is 18.8 Å². The van der Waals surface area contributed by atoms with Crippen LogP contribution in [-0.2, 0) is 24.3 Å². The third-order valence-electron chi connectivity index (χ3n) is 5.54. The molecule has 12 heteroatoms. The van der Waals surface area contributed by atoms with Gasteiger partial charge in [-0.25, -0.2) is 13.2 Å². The van der Waals surface area contributed by atoms with Gasteiger partial charge in [0.2, 0.25) is 5.91 Å². The SMILES string of the molecule is C=CCN(c1ccc(Cl)cc1)S(=O)(=O)c1cc(C(=O)OCC(=O)N2CC(=O)Nc3ccccc32)ccc1Cl. The topological polar surface area (TPSA) is 113 Å². The average molecular weight is 574 g/mol. The third kappa shape index (κ3) is 5.67. The zero-order valence-corrected chi connectivity index (χ0v) is 22.1. The molecule has 38 heavy (non-hydrogen) atoms. The number of amides is 2. The number of hydrogen-bond acceptors (Lipinski definition) is 6. The summed E-state index contributed by atoms with van der Waals surface area (Å²) in [4.78, 5) is 38.4. The van der Waals surface area contributed by atoms with Gasteiger partial charge < -0.3 is 10.1 Å². The maximum Gasteiger partial charge on any atom is 0.338 e. The molecule has 2 amide bonds. The van der Waals surface area contributed by atoms with Gasteiger partial charge in [0.1, 0.15) is 11.4 Å². The predicted octanol–water partition coefficient (Wildman–Crippen LogP) is 4.52. The second-order valence-electron chi connectivity index (χ2n) is 8.07. The van der Waals surface area contributed by atoms with Crippen molar-refractivity contribution in [2.24, 2.45) is 0 Å². The van der Waals surface area contributed by atoms with E-state index in [-0.39, 0.29) is 34.5 Å². The van der Waals surface area contributed by atoms with Crippen LogP contribution in [0.1, 0.15) is 10.4 Å². The minimum absolute atomic E-state index is 0.0750. The molecule has 3 aromatic rings. The van der Waals surface area contributed by atoms with Crippen molar-refractivity contribution in [2.45, 2.75) is 4.90 Å². The molecule has 1 aliphatic rings. The normalized spacial score (nSPS) is 12.8. The molecule has 1 heterocycles. The fraction of sp³-hybridized carbons (Fsp3) is 0.115. The van der Waals surface area contributed by atoms with Crippen molar-refractivity contribution in [2.75, 3.05) is 34.2 Å². The van der Waals surface area contributed by atoms with Crippen LogP contribution in [0, 0.1) is 0 Å². The molecule has 0 spiro atoms. The minimum atomic E-state index is -4.24. The number of carbonyl (C=O) groups is 3. The first-order valence-corrected chi connectivity index (χ1v) is 13.4. The number of benzene rings is 3. The summed E-state index contributed by atoms with van der Waals surface area (Å²) in [5.41, 5.74) is 1.11. The van der Waals surface area contributed by atoms with E-state index in [0.717, 1.165) is 10.4 Å². The fourth-order valence-corrected chi connectivity index (χ4v) is 5.82. The van der Waals surface area contributed by atoms with Gasteiger partial charge in [-0.1, -0.05) is 41.4 Å². The van der Waals surface area contributed by atoms with Crippen molar-refractivity contribution in [1.29, 1.82) is 0 Å². The zero-order valence-electron chi connectivity index (χ0n) is 19.8. The highest BCUT2D eigenvalue weighted by atomic mass is 35.5. The Morgan fingerprint density at radius 1 is 1.08 bits per heavy atom. The lowest BCUT2D eigenvalue weighted by Gasteiger charge is -2.28. The number of anilines is 3. The summed E-state index contributed by atoms with van der Waals surface area (Å²) in [6.07, 6.45) is 1.41. The van der Waals surface area contributed by atoms with Crippen molar-refractivity contribution in [1.82, 2.24) is 0 Å². The van der Waals surface area contributed by atoms with E-state index in [0.29, 0.717) is 22.1 Å². The van der Waals surface area contributed by atoms with Gasteiger partial charge in [0.15, 0.2) is 6.61 Å². The Kier molecular flexibility index (Phi) is 8.05. The zero-order chi connectivity index (χ0) is 27.4. The van der Waals surface area contributed by atoms with Crippen LogP contribution in [0.5, 0.6) is 0 Å². The summed E-state index contributed by atoms with van der Waals surface area (Å²) in [5.74, 6) is -1.95. The summed E-state index contributed by atoms with van der Waals surface area (Å²) in [6, 6.07) is 16.5. The summed E-state index contributed by atoms with van der Waals surface area (Å²) in [7, 11) is -4.24. The van der Waals surface area contributed by atoms with Crippen molar-refractivity contribution >= 4 is 68.1 Å². The molecule has 0 radical (unpaired) electrons. The molecule has 0 atom stereocenters. The number of nitrogens with one attached hydrogen (secondary N) is 1. The maximum atomic E-state index is 13.5. The van der Waals surface area contributed by atoms with Gasteiger partial charge in [0.25, 0.3) is 15.9 Å². The first-order valence-electron chi connectivity index (χ1n) is 11.2. The highest BCUT2D eigenvalue weighted by Crippen LogP contribution is 2.31. The number of halogens is 2. The number of fused-ring (bicyclic) bond motifs is 1. The minimum Gasteiger partial charge on any atom is -0.452 e. The van der Waals surface area contributed by atoms with Gasteiger partial charge in [-0.05, 0) is 54.6 Å². The summed E-state index contributed by atoms with van der Waals surface area (Å²) in [5, 5.41) is 2.98. The molecule has 0 saturated heterocycles. The van der Waals surface area contributed by atoms with Crippen LogP contribution < -0.4 is 14.5 Å². The molecule has 4 rings (SSSR count). The van der Waals surface area contributed by atoms with E-state index in [1.165, 1.54) is 35.2 Å². The van der Waals surface area contributed by atoms with Crippen LogP contribution in [0.4, 0.5) is 17.1 Å². The largest absolute Gasteiger partial charge is 0.452 e. The number of esters is 1. The van der Waals surface area contributed by atoms with Crippen LogP contribution in [0.15, 0.2) is 84.3 Å². The van der Waals surface area contributed by atoms with E-state index in [2.05, 4.69) is 11.9 Å². The van der Waals surface area contributed by atoms with E-state index in [1.807, 2.05) is 0 Å². The van der Waals surface area contributed by atoms with E-state index < -0.39 is 28.5 Å². The Balaban J connectivity index is 1.55. The van der Waals surface area contributed by atoms with Crippen LogP contribution in [-0.4, -0.2) is 45.9 Å². The van der Waals surface area contributed by atoms with E-state index >= 15 is 0 Å². The number of para-hydroxylation sites is 2. The highest BCUT2D eigenvalue weighted by Gasteiger charge is 2.29. The number of nitrogens with zero attached hydrogens (tertiary/aromatic N) is 2. The number of hydrogen-bond donors (Lipinski definition) is 1. The molecule has 1 aliphatic heterocycles. The Morgan fingerprint density at radius 2 is 1.79 bits per heavy atom. The molecule has 0 bridgehead atoms. The Bertz CT molecular complexity index is 1530. The van der Waals surface area contributed by atoms with Gasteiger partial charge >= 0.3 is 5.97 Å². The summed E-state index contributed by atoms with van der Waals surface area (Å²) >= 11 is 12.2. The van der Waals surface area contributed by atoms with Crippen molar-refractivity contribution in [3.05, 3.63) is 95.0 Å². The lowest BCUT2D eigenvalue weighted by molar-refractivity contribution is -0.124. The molecular formula is C26H21Cl2N3O6S. The Hall–Kier alpha value is -3.86. The lowest BCUT2D eigenvalue weighted by atomic mass is 10.2. The van der Waals surface area contributed by atoms with E-state index in [4.69, 9.17) is 27.9 Å². The summed E-state index contributed by atoms with van der Waals surface area (Å²) in [6.45, 7) is 2.64. The second-order valence-corrected chi connectivity index (χ2v) is 10.7. The lowest BCUT2D eigenvalue weighted by Crippen LogP contribution is -2.44. The first-order chi connectivity index (χ1) is 18.1. The Morgan fingerprint density at radius 3 is 2.50 bits per heavy atom. The quantitative estimate of drug-likeness (QED) is 0.313. The van der Waals surface area contributed by atoms with Gasteiger partial charge in [0, 0.05) is 5.02 Å². The highest BCUT2D eigenvalue weighted by molar-refractivity contribution is 7.93.